The second kappa shape index (κ2) is 6.22. The number of esters is 1. The molecule has 1 aromatic rings. The van der Waals surface area contributed by atoms with E-state index >= 15 is 0 Å². The quantitative estimate of drug-likeness (QED) is 0.801. The van der Waals surface area contributed by atoms with Gasteiger partial charge in [0.05, 0.1) is 17.3 Å². The fraction of sp³-hybridized carbons (Fsp3) is 0.733. The van der Waals surface area contributed by atoms with Crippen molar-refractivity contribution in [1.29, 1.82) is 0 Å². The average Bonchev–Trinajstić information content (AvgIpc) is 2.98. The van der Waals surface area contributed by atoms with E-state index in [9.17, 15) is 4.79 Å². The number of carbonyl (C=O) groups is 1. The van der Waals surface area contributed by atoms with E-state index < -0.39 is 0 Å². The van der Waals surface area contributed by atoms with Crippen LogP contribution in [0.4, 0.5) is 0 Å². The van der Waals surface area contributed by atoms with Crippen molar-refractivity contribution in [3.8, 4) is 0 Å². The summed E-state index contributed by atoms with van der Waals surface area (Å²) in [6.07, 6.45) is 1.95. The third-order valence-corrected chi connectivity index (χ3v) is 4.80. The van der Waals surface area contributed by atoms with Crippen molar-refractivity contribution >= 4 is 17.3 Å². The lowest BCUT2D eigenvalue weighted by molar-refractivity contribution is -0.148. The minimum absolute atomic E-state index is 0.0868. The van der Waals surface area contributed by atoms with E-state index in [4.69, 9.17) is 9.72 Å². The van der Waals surface area contributed by atoms with Gasteiger partial charge >= 0.3 is 5.97 Å². The van der Waals surface area contributed by atoms with Crippen molar-refractivity contribution in [1.82, 2.24) is 9.88 Å². The molecule has 0 spiro atoms. The summed E-state index contributed by atoms with van der Waals surface area (Å²) >= 11 is 1.71. The van der Waals surface area contributed by atoms with Crippen molar-refractivity contribution < 1.29 is 9.53 Å². The molecular formula is C15H24N2O2S. The smallest absolute Gasteiger partial charge is 0.323 e. The monoisotopic (exact) mass is 296 g/mol. The van der Waals surface area contributed by atoms with Crippen LogP contribution in [0.25, 0.3) is 0 Å². The van der Waals surface area contributed by atoms with Crippen LogP contribution < -0.4 is 0 Å². The summed E-state index contributed by atoms with van der Waals surface area (Å²) < 4.78 is 5.15. The summed E-state index contributed by atoms with van der Waals surface area (Å²) in [5, 5.41) is 3.26. The molecule has 1 aliphatic rings. The van der Waals surface area contributed by atoms with Crippen LogP contribution in [0.2, 0.25) is 0 Å². The average molecular weight is 296 g/mol. The molecule has 20 heavy (non-hydrogen) atoms. The Hall–Kier alpha value is -0.940. The zero-order chi connectivity index (χ0) is 14.8. The Bertz CT molecular complexity index is 465. The van der Waals surface area contributed by atoms with Crippen molar-refractivity contribution in [2.75, 3.05) is 13.2 Å². The van der Waals surface area contributed by atoms with E-state index in [0.29, 0.717) is 6.61 Å². The van der Waals surface area contributed by atoms with E-state index in [0.717, 1.165) is 36.6 Å². The van der Waals surface area contributed by atoms with Gasteiger partial charge in [-0.25, -0.2) is 4.98 Å². The molecule has 1 aromatic heterocycles. The highest BCUT2D eigenvalue weighted by Crippen LogP contribution is 2.27. The maximum Gasteiger partial charge on any atom is 0.323 e. The summed E-state index contributed by atoms with van der Waals surface area (Å²) in [6.45, 7) is 10.5. The Morgan fingerprint density at radius 2 is 2.30 bits per heavy atom. The van der Waals surface area contributed by atoms with Crippen LogP contribution in [0.1, 0.15) is 51.2 Å². The van der Waals surface area contributed by atoms with E-state index in [1.165, 1.54) is 0 Å². The van der Waals surface area contributed by atoms with Crippen LogP contribution in [0, 0.1) is 0 Å². The first-order valence-corrected chi connectivity index (χ1v) is 8.15. The molecule has 0 bridgehead atoms. The van der Waals surface area contributed by atoms with Gasteiger partial charge in [-0.2, -0.15) is 0 Å². The maximum absolute atomic E-state index is 11.9. The van der Waals surface area contributed by atoms with E-state index in [1.54, 1.807) is 11.3 Å². The molecule has 2 rings (SSSR count). The van der Waals surface area contributed by atoms with Crippen LogP contribution in [0.3, 0.4) is 0 Å². The third-order valence-electron chi connectivity index (χ3n) is 3.48. The Morgan fingerprint density at radius 1 is 1.55 bits per heavy atom. The van der Waals surface area contributed by atoms with Crippen LogP contribution >= 0.6 is 11.3 Å². The SMILES string of the molecule is CCOC(=O)C1CCCN1Cc1csc(C(C)(C)C)n1. The Balaban J connectivity index is 2.02. The van der Waals surface area contributed by atoms with Gasteiger partial charge in [-0.05, 0) is 26.3 Å². The van der Waals surface area contributed by atoms with Gasteiger partial charge in [0.2, 0.25) is 0 Å². The molecule has 1 atom stereocenters. The van der Waals surface area contributed by atoms with Crippen LogP contribution in [-0.2, 0) is 21.5 Å². The third kappa shape index (κ3) is 3.58. The van der Waals surface area contributed by atoms with E-state index in [2.05, 4.69) is 31.1 Å². The molecule has 0 N–H and O–H groups in total. The number of hydrogen-bond acceptors (Lipinski definition) is 5. The Morgan fingerprint density at radius 3 is 2.90 bits per heavy atom. The summed E-state index contributed by atoms with van der Waals surface area (Å²) in [6, 6.07) is -0.0882. The first-order valence-electron chi connectivity index (χ1n) is 7.27. The fourth-order valence-electron chi connectivity index (χ4n) is 2.45. The molecule has 5 heteroatoms. The molecule has 112 valence electrons. The Kier molecular flexibility index (Phi) is 4.81. The second-order valence-electron chi connectivity index (χ2n) is 6.27. The normalized spacial score (nSPS) is 20.3. The van der Waals surface area contributed by atoms with Gasteiger partial charge in [0.1, 0.15) is 6.04 Å². The van der Waals surface area contributed by atoms with Gasteiger partial charge in [-0.15, -0.1) is 11.3 Å². The van der Waals surface area contributed by atoms with Crippen LogP contribution in [0.15, 0.2) is 5.38 Å². The molecule has 0 radical (unpaired) electrons. The Labute approximate surface area is 125 Å². The van der Waals surface area contributed by atoms with E-state index in [1.807, 2.05) is 6.92 Å². The summed E-state index contributed by atoms with van der Waals surface area (Å²) in [7, 11) is 0. The number of thiazole rings is 1. The van der Waals surface area contributed by atoms with Crippen LogP contribution in [0.5, 0.6) is 0 Å². The maximum atomic E-state index is 11.9. The predicted octanol–water partition coefficient (Wildman–Crippen LogP) is 2.97. The van der Waals surface area contributed by atoms with Gasteiger partial charge in [0.25, 0.3) is 0 Å². The number of rotatable bonds is 4. The minimum atomic E-state index is -0.0882. The number of aromatic nitrogens is 1. The van der Waals surface area contributed by atoms with E-state index in [-0.39, 0.29) is 17.4 Å². The second-order valence-corrected chi connectivity index (χ2v) is 7.13. The summed E-state index contributed by atoms with van der Waals surface area (Å²) in [4.78, 5) is 18.8. The van der Waals surface area contributed by atoms with Gasteiger partial charge in [0, 0.05) is 17.3 Å². The van der Waals surface area contributed by atoms with Crippen molar-refractivity contribution in [2.45, 2.75) is 58.5 Å². The van der Waals surface area contributed by atoms with Gasteiger partial charge in [0.15, 0.2) is 0 Å². The summed E-state index contributed by atoms with van der Waals surface area (Å²) in [5.74, 6) is -0.0868. The number of ether oxygens (including phenoxy) is 1. The molecule has 1 aliphatic heterocycles. The molecule has 4 nitrogen and oxygen atoms in total. The van der Waals surface area contributed by atoms with Crippen molar-refractivity contribution in [2.24, 2.45) is 0 Å². The molecule has 1 unspecified atom stereocenters. The first kappa shape index (κ1) is 15.4. The molecular weight excluding hydrogens is 272 g/mol. The zero-order valence-electron chi connectivity index (χ0n) is 12.8. The largest absolute Gasteiger partial charge is 0.465 e. The van der Waals surface area contributed by atoms with Crippen LogP contribution in [-0.4, -0.2) is 35.0 Å². The van der Waals surface area contributed by atoms with Crippen molar-refractivity contribution in [3.05, 3.63) is 16.1 Å². The molecule has 2 heterocycles. The molecule has 0 amide bonds. The minimum Gasteiger partial charge on any atom is -0.465 e. The predicted molar refractivity (Wildman–Crippen MR) is 80.9 cm³/mol. The van der Waals surface area contributed by atoms with Crippen molar-refractivity contribution in [3.63, 3.8) is 0 Å². The summed E-state index contributed by atoms with van der Waals surface area (Å²) in [5.41, 5.74) is 1.16. The molecule has 0 aliphatic carbocycles. The molecule has 1 fully saturated rings. The lowest BCUT2D eigenvalue weighted by Crippen LogP contribution is -2.36. The standard InChI is InChI=1S/C15H24N2O2S/c1-5-19-13(18)12-7-6-8-17(12)9-11-10-20-14(16-11)15(2,3)4/h10,12H,5-9H2,1-4H3. The lowest BCUT2D eigenvalue weighted by Gasteiger charge is -2.21. The highest BCUT2D eigenvalue weighted by atomic mass is 32.1. The molecule has 0 saturated carbocycles. The zero-order valence-corrected chi connectivity index (χ0v) is 13.6. The first-order chi connectivity index (χ1) is 9.41. The van der Waals surface area contributed by atoms with Gasteiger partial charge < -0.3 is 4.74 Å². The number of hydrogen-bond donors (Lipinski definition) is 0. The van der Waals surface area contributed by atoms with Gasteiger partial charge in [-0.1, -0.05) is 20.8 Å². The molecule has 0 aromatic carbocycles. The topological polar surface area (TPSA) is 42.4 Å². The highest BCUT2D eigenvalue weighted by Gasteiger charge is 2.32. The number of carbonyl (C=O) groups excluding carboxylic acids is 1. The lowest BCUT2D eigenvalue weighted by atomic mass is 9.98. The number of likely N-dealkylation sites (tertiary alicyclic amines) is 1. The van der Waals surface area contributed by atoms with Gasteiger partial charge in [-0.3, -0.25) is 9.69 Å². The highest BCUT2D eigenvalue weighted by molar-refractivity contribution is 7.09. The number of nitrogens with zero attached hydrogens (tertiary/aromatic N) is 2. The molecule has 1 saturated heterocycles. The fourth-order valence-corrected chi connectivity index (χ4v) is 3.35.